The van der Waals surface area contributed by atoms with E-state index in [2.05, 4.69) is 24.4 Å². The fourth-order valence-electron chi connectivity index (χ4n) is 4.19. The molecule has 2 amide bonds. The minimum absolute atomic E-state index is 0.0897. The van der Waals surface area contributed by atoms with Crippen molar-refractivity contribution in [3.8, 4) is 0 Å². The van der Waals surface area contributed by atoms with E-state index in [1.807, 2.05) is 19.1 Å². The lowest BCUT2D eigenvalue weighted by molar-refractivity contribution is -0.131. The van der Waals surface area contributed by atoms with Crippen molar-refractivity contribution in [2.24, 2.45) is 0 Å². The molecule has 0 bridgehead atoms. The number of benzene rings is 1. The number of amides is 2. The quantitative estimate of drug-likeness (QED) is 0.880. The molecule has 2 aliphatic heterocycles. The third kappa shape index (κ3) is 4.26. The molecule has 2 saturated heterocycles. The van der Waals surface area contributed by atoms with Crippen molar-refractivity contribution < 1.29 is 19.1 Å². The smallest absolute Gasteiger partial charge is 0.409 e. The lowest BCUT2D eigenvalue weighted by atomic mass is 9.71. The number of rotatable bonds is 4. The molecule has 0 radical (unpaired) electrons. The molecule has 1 aromatic carbocycles. The largest absolute Gasteiger partial charge is 0.450 e. The third-order valence-corrected chi connectivity index (χ3v) is 5.80. The molecule has 1 N–H and O–H groups in total. The zero-order chi connectivity index (χ0) is 19.3. The van der Waals surface area contributed by atoms with E-state index in [1.54, 1.807) is 4.90 Å². The van der Waals surface area contributed by atoms with Crippen LogP contribution in [0.25, 0.3) is 0 Å². The Balaban J connectivity index is 1.68. The van der Waals surface area contributed by atoms with Gasteiger partial charge in [-0.3, -0.25) is 4.79 Å². The maximum Gasteiger partial charge on any atom is 0.409 e. The summed E-state index contributed by atoms with van der Waals surface area (Å²) in [6.45, 7) is 6.69. The highest BCUT2D eigenvalue weighted by Gasteiger charge is 2.43. The number of hydrogen-bond acceptors (Lipinski definition) is 4. The molecule has 0 aliphatic carbocycles. The van der Waals surface area contributed by atoms with E-state index < -0.39 is 5.41 Å². The molecule has 3 rings (SSSR count). The van der Waals surface area contributed by atoms with Crippen molar-refractivity contribution in [3.63, 3.8) is 0 Å². The first-order valence-corrected chi connectivity index (χ1v) is 9.93. The van der Waals surface area contributed by atoms with Crippen LogP contribution in [0, 0.1) is 6.92 Å². The van der Waals surface area contributed by atoms with Gasteiger partial charge in [0, 0.05) is 32.3 Å². The Kier molecular flexibility index (Phi) is 6.37. The van der Waals surface area contributed by atoms with Gasteiger partial charge in [0.05, 0.1) is 12.0 Å². The molecule has 0 unspecified atom stereocenters. The first-order chi connectivity index (χ1) is 13.1. The molecule has 0 atom stereocenters. The molecular formula is C21H30N2O4. The van der Waals surface area contributed by atoms with Crippen LogP contribution in [0.3, 0.4) is 0 Å². The van der Waals surface area contributed by atoms with Crippen LogP contribution in [0.2, 0.25) is 0 Å². The number of nitrogens with zero attached hydrogens (tertiary/aromatic N) is 1. The summed E-state index contributed by atoms with van der Waals surface area (Å²) in [6.07, 6.45) is 2.65. The van der Waals surface area contributed by atoms with Gasteiger partial charge in [0.25, 0.3) is 0 Å². The van der Waals surface area contributed by atoms with Crippen LogP contribution in [-0.4, -0.2) is 55.9 Å². The topological polar surface area (TPSA) is 67.9 Å². The number of likely N-dealkylation sites (tertiary alicyclic amines) is 1. The van der Waals surface area contributed by atoms with E-state index in [0.717, 1.165) is 24.0 Å². The highest BCUT2D eigenvalue weighted by Crippen LogP contribution is 2.37. The van der Waals surface area contributed by atoms with Crippen LogP contribution in [-0.2, 0) is 19.7 Å². The Hall–Kier alpha value is -2.08. The summed E-state index contributed by atoms with van der Waals surface area (Å²) < 4.78 is 10.6. The lowest BCUT2D eigenvalue weighted by Crippen LogP contribution is -2.54. The summed E-state index contributed by atoms with van der Waals surface area (Å²) in [4.78, 5) is 27.0. The fraction of sp³-hybridized carbons (Fsp3) is 0.619. The summed E-state index contributed by atoms with van der Waals surface area (Å²) in [5.74, 6) is 0.0923. The van der Waals surface area contributed by atoms with Gasteiger partial charge < -0.3 is 19.7 Å². The second-order valence-corrected chi connectivity index (χ2v) is 7.44. The van der Waals surface area contributed by atoms with Gasteiger partial charge in [-0.2, -0.15) is 0 Å². The highest BCUT2D eigenvalue weighted by atomic mass is 16.6. The Bertz CT molecular complexity index is 662. The zero-order valence-corrected chi connectivity index (χ0v) is 16.3. The van der Waals surface area contributed by atoms with Crippen LogP contribution in [0.15, 0.2) is 24.3 Å². The average Bonchev–Trinajstić information content (AvgIpc) is 2.69. The van der Waals surface area contributed by atoms with Gasteiger partial charge >= 0.3 is 6.09 Å². The van der Waals surface area contributed by atoms with Crippen molar-refractivity contribution >= 4 is 12.0 Å². The molecule has 1 aromatic rings. The van der Waals surface area contributed by atoms with E-state index in [4.69, 9.17) is 9.47 Å². The van der Waals surface area contributed by atoms with Crippen LogP contribution >= 0.6 is 0 Å². The Morgan fingerprint density at radius 1 is 1.22 bits per heavy atom. The molecule has 2 aliphatic rings. The first-order valence-electron chi connectivity index (χ1n) is 9.93. The monoisotopic (exact) mass is 374 g/mol. The second kappa shape index (κ2) is 8.74. The molecule has 6 nitrogen and oxygen atoms in total. The van der Waals surface area contributed by atoms with E-state index in [-0.39, 0.29) is 18.0 Å². The molecule has 0 saturated carbocycles. The van der Waals surface area contributed by atoms with Gasteiger partial charge in [-0.25, -0.2) is 4.79 Å². The van der Waals surface area contributed by atoms with Gasteiger partial charge in [0.2, 0.25) is 5.91 Å². The number of nitrogens with one attached hydrogen (secondary N) is 1. The van der Waals surface area contributed by atoms with Gasteiger partial charge in [-0.15, -0.1) is 0 Å². The number of carbonyl (C=O) groups is 2. The standard InChI is InChI=1S/C21H30N2O4/c1-3-27-20(25)23-12-8-17(9-13-23)22-19(24)21(10-14-26-15-11-21)18-7-5-4-6-16(18)2/h4-7,17H,3,8-15H2,1-2H3,(H,22,24). The molecule has 0 aromatic heterocycles. The highest BCUT2D eigenvalue weighted by molar-refractivity contribution is 5.89. The van der Waals surface area contributed by atoms with Gasteiger partial charge in [0.15, 0.2) is 0 Å². The molecule has 2 fully saturated rings. The third-order valence-electron chi connectivity index (χ3n) is 5.80. The second-order valence-electron chi connectivity index (χ2n) is 7.44. The number of aryl methyl sites for hydroxylation is 1. The Morgan fingerprint density at radius 2 is 1.89 bits per heavy atom. The van der Waals surface area contributed by atoms with E-state index >= 15 is 0 Å². The summed E-state index contributed by atoms with van der Waals surface area (Å²) in [7, 11) is 0. The summed E-state index contributed by atoms with van der Waals surface area (Å²) in [5.41, 5.74) is 1.73. The molecule has 6 heteroatoms. The van der Waals surface area contributed by atoms with Gasteiger partial charge in [-0.1, -0.05) is 24.3 Å². The Labute approximate surface area is 161 Å². The predicted molar refractivity (Wildman–Crippen MR) is 103 cm³/mol. The molecule has 0 spiro atoms. The maximum atomic E-state index is 13.4. The van der Waals surface area contributed by atoms with Crippen LogP contribution < -0.4 is 5.32 Å². The maximum absolute atomic E-state index is 13.4. The van der Waals surface area contributed by atoms with Gasteiger partial charge in [0.1, 0.15) is 0 Å². The molecular weight excluding hydrogens is 344 g/mol. The zero-order valence-electron chi connectivity index (χ0n) is 16.3. The van der Waals surface area contributed by atoms with Crippen LogP contribution in [0.1, 0.15) is 43.7 Å². The number of ether oxygens (including phenoxy) is 2. The summed E-state index contributed by atoms with van der Waals surface area (Å²) in [6, 6.07) is 8.24. The normalized spacial score (nSPS) is 20.1. The fourth-order valence-corrected chi connectivity index (χ4v) is 4.19. The van der Waals surface area contributed by atoms with Crippen LogP contribution in [0.5, 0.6) is 0 Å². The SMILES string of the molecule is CCOC(=O)N1CCC(NC(=O)C2(c3ccccc3C)CCOCC2)CC1. The predicted octanol–water partition coefficient (Wildman–Crippen LogP) is 2.78. The number of piperidine rings is 1. The molecule has 2 heterocycles. The molecule has 148 valence electrons. The minimum Gasteiger partial charge on any atom is -0.450 e. The van der Waals surface area contributed by atoms with Crippen molar-refractivity contribution in [2.45, 2.75) is 51.0 Å². The van der Waals surface area contributed by atoms with Crippen molar-refractivity contribution in [1.82, 2.24) is 10.2 Å². The Morgan fingerprint density at radius 3 is 2.52 bits per heavy atom. The summed E-state index contributed by atoms with van der Waals surface area (Å²) in [5, 5.41) is 3.27. The number of carbonyl (C=O) groups excluding carboxylic acids is 2. The van der Waals surface area contributed by atoms with Crippen molar-refractivity contribution in [2.75, 3.05) is 32.9 Å². The minimum atomic E-state index is -0.526. The van der Waals surface area contributed by atoms with Gasteiger partial charge in [-0.05, 0) is 50.7 Å². The summed E-state index contributed by atoms with van der Waals surface area (Å²) >= 11 is 0. The van der Waals surface area contributed by atoms with E-state index in [0.29, 0.717) is 45.8 Å². The van der Waals surface area contributed by atoms with E-state index in [9.17, 15) is 9.59 Å². The average molecular weight is 374 g/mol. The van der Waals surface area contributed by atoms with Crippen LogP contribution in [0.4, 0.5) is 4.79 Å². The lowest BCUT2D eigenvalue weighted by Gasteiger charge is -2.39. The first kappa shape index (κ1) is 19.7. The van der Waals surface area contributed by atoms with Crippen molar-refractivity contribution in [3.05, 3.63) is 35.4 Å². The number of hydrogen-bond donors (Lipinski definition) is 1. The van der Waals surface area contributed by atoms with E-state index in [1.165, 1.54) is 0 Å². The van der Waals surface area contributed by atoms with Crippen molar-refractivity contribution in [1.29, 1.82) is 0 Å². The molecule has 27 heavy (non-hydrogen) atoms.